The number of fused-ring (bicyclic) bond motifs is 9. The Morgan fingerprint density at radius 2 is 0.914 bits per heavy atom. The van der Waals surface area contributed by atoms with Crippen LogP contribution in [0.5, 0.6) is 0 Å². The van der Waals surface area contributed by atoms with Gasteiger partial charge in [0.05, 0.1) is 5.39 Å². The van der Waals surface area contributed by atoms with Gasteiger partial charge in [0.1, 0.15) is 16.7 Å². The molecule has 0 unspecified atom stereocenters. The molecule has 3 aromatic heterocycles. The molecule has 0 spiro atoms. The van der Waals surface area contributed by atoms with Crippen molar-refractivity contribution in [3.63, 3.8) is 0 Å². The van der Waals surface area contributed by atoms with Crippen molar-refractivity contribution in [2.24, 2.45) is 0 Å². The van der Waals surface area contributed by atoms with Crippen molar-refractivity contribution in [3.8, 4) is 56.7 Å². The van der Waals surface area contributed by atoms with Gasteiger partial charge in [0, 0.05) is 27.6 Å². The maximum atomic E-state index is 6.53. The fourth-order valence-corrected chi connectivity index (χ4v) is 8.43. The average Bonchev–Trinajstić information content (AvgIpc) is 3.91. The van der Waals surface area contributed by atoms with E-state index in [1.807, 2.05) is 54.6 Å². The van der Waals surface area contributed by atoms with Crippen molar-refractivity contribution >= 4 is 65.4 Å². The lowest BCUT2D eigenvalue weighted by Gasteiger charge is -2.14. The maximum Gasteiger partial charge on any atom is 0.227 e. The van der Waals surface area contributed by atoms with Crippen LogP contribution in [-0.4, -0.2) is 19.9 Å². The summed E-state index contributed by atoms with van der Waals surface area (Å²) >= 11 is 0. The molecule has 9 aromatic carbocycles. The lowest BCUT2D eigenvalue weighted by Crippen LogP contribution is -2.01. The number of benzene rings is 9. The van der Waals surface area contributed by atoms with Gasteiger partial charge < -0.3 is 8.83 Å². The summed E-state index contributed by atoms with van der Waals surface area (Å²) < 4.78 is 13.0. The van der Waals surface area contributed by atoms with Crippen LogP contribution < -0.4 is 0 Å². The second-order valence-electron chi connectivity index (χ2n) is 14.6. The topological polar surface area (TPSA) is 77.8 Å². The molecule has 0 aliphatic rings. The molecular weight excluding hydrogens is 713 g/mol. The Kier molecular flexibility index (Phi) is 7.13. The summed E-state index contributed by atoms with van der Waals surface area (Å²) in [4.78, 5) is 20.6. The molecule has 0 saturated heterocycles. The van der Waals surface area contributed by atoms with Gasteiger partial charge in [-0.05, 0) is 85.9 Å². The first-order valence-corrected chi connectivity index (χ1v) is 19.3. The highest BCUT2D eigenvalue weighted by atomic mass is 16.4. The molecule has 6 nitrogen and oxygen atoms in total. The lowest BCUT2D eigenvalue weighted by atomic mass is 9.94. The van der Waals surface area contributed by atoms with E-state index in [-0.39, 0.29) is 0 Å². The first-order chi connectivity index (χ1) is 28.7. The fraction of sp³-hybridized carbons (Fsp3) is 0. The molecule has 0 fully saturated rings. The average molecular weight is 743 g/mol. The zero-order valence-electron chi connectivity index (χ0n) is 30.9. The third-order valence-corrected chi connectivity index (χ3v) is 11.2. The minimum Gasteiger partial charge on any atom is -0.456 e. The van der Waals surface area contributed by atoms with Crippen molar-refractivity contribution in [3.05, 3.63) is 182 Å². The van der Waals surface area contributed by atoms with Gasteiger partial charge in [-0.2, -0.15) is 0 Å². The molecule has 0 atom stereocenters. The summed E-state index contributed by atoms with van der Waals surface area (Å²) in [6.07, 6.45) is 0. The molecular formula is C52H30N4O2. The number of hydrogen-bond acceptors (Lipinski definition) is 6. The summed E-state index contributed by atoms with van der Waals surface area (Å²) in [7, 11) is 0. The van der Waals surface area contributed by atoms with Crippen molar-refractivity contribution < 1.29 is 8.83 Å². The number of nitrogens with zero attached hydrogens (tertiary/aromatic N) is 4. The smallest absolute Gasteiger partial charge is 0.227 e. The van der Waals surface area contributed by atoms with Gasteiger partial charge in [-0.1, -0.05) is 140 Å². The molecule has 0 aliphatic carbocycles. The van der Waals surface area contributed by atoms with Gasteiger partial charge in [0.15, 0.2) is 23.1 Å². The first-order valence-electron chi connectivity index (χ1n) is 19.3. The van der Waals surface area contributed by atoms with E-state index in [2.05, 4.69) is 127 Å². The van der Waals surface area contributed by atoms with E-state index < -0.39 is 0 Å². The van der Waals surface area contributed by atoms with Crippen LogP contribution in [-0.2, 0) is 0 Å². The zero-order chi connectivity index (χ0) is 38.2. The van der Waals surface area contributed by atoms with Crippen LogP contribution in [0.2, 0.25) is 0 Å². The Hall–Kier alpha value is -7.96. The van der Waals surface area contributed by atoms with Crippen molar-refractivity contribution in [1.29, 1.82) is 0 Å². The van der Waals surface area contributed by atoms with Gasteiger partial charge in [-0.15, -0.1) is 0 Å². The maximum absolute atomic E-state index is 6.53. The normalized spacial score (nSPS) is 11.8. The molecule has 6 heteroatoms. The molecule has 3 heterocycles. The van der Waals surface area contributed by atoms with Gasteiger partial charge in [0.25, 0.3) is 0 Å². The van der Waals surface area contributed by atoms with E-state index >= 15 is 0 Å². The van der Waals surface area contributed by atoms with Gasteiger partial charge in [-0.25, -0.2) is 19.9 Å². The third kappa shape index (κ3) is 5.12. The van der Waals surface area contributed by atoms with Crippen LogP contribution in [0.4, 0.5) is 0 Å². The van der Waals surface area contributed by atoms with Crippen molar-refractivity contribution in [2.45, 2.75) is 0 Å². The molecule has 0 bridgehead atoms. The Labute approximate surface area is 331 Å². The van der Waals surface area contributed by atoms with Gasteiger partial charge in [0.2, 0.25) is 5.89 Å². The van der Waals surface area contributed by atoms with Gasteiger partial charge in [-0.3, -0.25) is 0 Å². The van der Waals surface area contributed by atoms with Crippen molar-refractivity contribution in [1.82, 2.24) is 19.9 Å². The molecule has 12 rings (SSSR count). The SMILES string of the molecule is c1ccc(-c2nc3ccc4oc5ccc6ccc(-c7nc(-c8cccc9ccccc89)nc(-c8ccc(-c9ccccc9)c9ccccc89)n7)cc6c5c4c3o2)cc1. The van der Waals surface area contributed by atoms with E-state index in [0.29, 0.717) is 28.9 Å². The molecule has 12 aromatic rings. The number of oxazole rings is 1. The van der Waals surface area contributed by atoms with E-state index in [9.17, 15) is 0 Å². The lowest BCUT2D eigenvalue weighted by molar-refractivity contribution is 0.622. The van der Waals surface area contributed by atoms with E-state index in [1.54, 1.807) is 0 Å². The first kappa shape index (κ1) is 32.3. The van der Waals surface area contributed by atoms with Crippen LogP contribution in [0, 0.1) is 0 Å². The molecule has 0 radical (unpaired) electrons. The largest absolute Gasteiger partial charge is 0.456 e. The molecule has 0 amide bonds. The van der Waals surface area contributed by atoms with Crippen LogP contribution in [0.1, 0.15) is 0 Å². The Morgan fingerprint density at radius 1 is 0.328 bits per heavy atom. The molecule has 58 heavy (non-hydrogen) atoms. The van der Waals surface area contributed by atoms with E-state index in [0.717, 1.165) is 93.2 Å². The summed E-state index contributed by atoms with van der Waals surface area (Å²) in [5, 5.41) is 8.32. The monoisotopic (exact) mass is 742 g/mol. The number of rotatable bonds is 5. The quantitative estimate of drug-likeness (QED) is 0.175. The highest BCUT2D eigenvalue weighted by Crippen LogP contribution is 2.42. The molecule has 270 valence electrons. The minimum absolute atomic E-state index is 0.571. The van der Waals surface area contributed by atoms with E-state index in [1.165, 1.54) is 0 Å². The van der Waals surface area contributed by atoms with Crippen LogP contribution in [0.15, 0.2) is 191 Å². The number of aromatic nitrogens is 4. The number of furan rings is 1. The Morgan fingerprint density at radius 3 is 1.72 bits per heavy atom. The molecule has 0 aliphatic heterocycles. The standard InChI is InChI=1S/C52H30N4O2/c1-3-12-31(13-4-1)37-25-26-41(39-20-10-9-19-38(37)39)51-55-49(54-50(56-51)40-21-11-17-32-14-7-8-18-36(32)40)35-23-22-33-24-28-44-46(42(33)30-35)47-45(57-44)29-27-43-48(47)58-52(53-43)34-15-5-2-6-16-34/h1-30H. The highest BCUT2D eigenvalue weighted by Gasteiger charge is 2.21. The highest BCUT2D eigenvalue weighted by molar-refractivity contribution is 6.25. The summed E-state index contributed by atoms with van der Waals surface area (Å²) in [5.74, 6) is 2.36. The zero-order valence-corrected chi connectivity index (χ0v) is 30.9. The minimum atomic E-state index is 0.571. The second-order valence-corrected chi connectivity index (χ2v) is 14.6. The third-order valence-electron chi connectivity index (χ3n) is 11.2. The summed E-state index contributed by atoms with van der Waals surface area (Å²) in [6.45, 7) is 0. The van der Waals surface area contributed by atoms with Crippen LogP contribution >= 0.6 is 0 Å². The predicted molar refractivity (Wildman–Crippen MR) is 234 cm³/mol. The van der Waals surface area contributed by atoms with E-state index in [4.69, 9.17) is 28.8 Å². The van der Waals surface area contributed by atoms with Crippen LogP contribution in [0.3, 0.4) is 0 Å². The second kappa shape index (κ2) is 12.8. The van der Waals surface area contributed by atoms with Crippen LogP contribution in [0.25, 0.3) is 122 Å². The Bertz CT molecular complexity index is 3570. The van der Waals surface area contributed by atoms with Gasteiger partial charge >= 0.3 is 0 Å². The summed E-state index contributed by atoms with van der Waals surface area (Å²) in [6, 6.07) is 62.4. The predicted octanol–water partition coefficient (Wildman–Crippen LogP) is 13.7. The number of hydrogen-bond donors (Lipinski definition) is 0. The molecule has 0 N–H and O–H groups in total. The molecule has 0 saturated carbocycles. The summed E-state index contributed by atoms with van der Waals surface area (Å²) in [5.41, 5.74) is 8.95. The van der Waals surface area contributed by atoms with Crippen molar-refractivity contribution in [2.75, 3.05) is 0 Å². The fourth-order valence-electron chi connectivity index (χ4n) is 8.43. The Balaban J connectivity index is 1.10.